The minimum atomic E-state index is -3.89. The molecule has 9 heteroatoms. The molecule has 2 aromatic rings. The first kappa shape index (κ1) is 16.6. The van der Waals surface area contributed by atoms with Crippen molar-refractivity contribution in [3.05, 3.63) is 59.9 Å². The topological polar surface area (TPSA) is 106 Å². The predicted octanol–water partition coefficient (Wildman–Crippen LogP) is 0.952. The molecule has 3 N–H and O–H groups in total. The Morgan fingerprint density at radius 1 is 0.909 bits per heavy atom. The van der Waals surface area contributed by atoms with Gasteiger partial charge in [-0.25, -0.2) is 31.1 Å². The number of nitrogens with one attached hydrogen (secondary N) is 1. The van der Waals surface area contributed by atoms with Crippen molar-refractivity contribution in [2.24, 2.45) is 5.14 Å². The van der Waals surface area contributed by atoms with Gasteiger partial charge >= 0.3 is 0 Å². The highest BCUT2D eigenvalue weighted by molar-refractivity contribution is 7.89. The Kier molecular flexibility index (Phi) is 4.61. The maximum absolute atomic E-state index is 13.4. The first-order chi connectivity index (χ1) is 10.2. The molecule has 22 heavy (non-hydrogen) atoms. The van der Waals surface area contributed by atoms with Crippen molar-refractivity contribution in [3.8, 4) is 0 Å². The Labute approximate surface area is 127 Å². The van der Waals surface area contributed by atoms with Crippen molar-refractivity contribution in [2.75, 3.05) is 0 Å². The van der Waals surface area contributed by atoms with Gasteiger partial charge in [-0.05, 0) is 30.3 Å². The lowest BCUT2D eigenvalue weighted by Gasteiger charge is -2.08. The number of hydrogen-bond acceptors (Lipinski definition) is 4. The van der Waals surface area contributed by atoms with Gasteiger partial charge in [-0.3, -0.25) is 0 Å². The van der Waals surface area contributed by atoms with Crippen LogP contribution in [0, 0.1) is 5.82 Å². The smallest absolute Gasteiger partial charge is 0.225 e. The molecule has 0 spiro atoms. The first-order valence-electron chi connectivity index (χ1n) is 6.06. The maximum Gasteiger partial charge on any atom is 0.240 e. The fraction of sp³-hybridized carbons (Fsp3) is 0.0769. The molecule has 0 aromatic heterocycles. The van der Waals surface area contributed by atoms with Crippen molar-refractivity contribution in [1.29, 1.82) is 0 Å². The Hall–Kier alpha value is -1.81. The van der Waals surface area contributed by atoms with Gasteiger partial charge in [-0.15, -0.1) is 0 Å². The van der Waals surface area contributed by atoms with Crippen LogP contribution in [0.25, 0.3) is 0 Å². The van der Waals surface area contributed by atoms with E-state index in [1.54, 1.807) is 6.07 Å². The zero-order chi connectivity index (χ0) is 16.4. The van der Waals surface area contributed by atoms with Crippen LogP contribution in [-0.2, 0) is 26.6 Å². The third-order valence-electron chi connectivity index (χ3n) is 2.87. The number of benzene rings is 2. The molecule has 0 fully saturated rings. The minimum absolute atomic E-state index is 0.142. The molecule has 2 aromatic carbocycles. The van der Waals surface area contributed by atoms with Crippen molar-refractivity contribution < 1.29 is 21.2 Å². The molecule has 0 atom stereocenters. The molecule has 0 amide bonds. The number of nitrogens with two attached hydrogens (primary N) is 1. The van der Waals surface area contributed by atoms with Crippen LogP contribution in [0.2, 0.25) is 0 Å². The van der Waals surface area contributed by atoms with Gasteiger partial charge in [-0.2, -0.15) is 0 Å². The molecule has 0 aliphatic rings. The largest absolute Gasteiger partial charge is 0.240 e. The van der Waals surface area contributed by atoms with Crippen molar-refractivity contribution >= 4 is 20.0 Å². The Balaban J connectivity index is 2.19. The zero-order valence-electron chi connectivity index (χ0n) is 11.2. The van der Waals surface area contributed by atoms with E-state index in [2.05, 4.69) is 4.72 Å². The Morgan fingerprint density at radius 2 is 1.45 bits per heavy atom. The van der Waals surface area contributed by atoms with Crippen LogP contribution in [-0.4, -0.2) is 16.8 Å². The van der Waals surface area contributed by atoms with Crippen LogP contribution in [0.5, 0.6) is 0 Å². The summed E-state index contributed by atoms with van der Waals surface area (Å²) in [5, 5.41) is 4.93. The van der Waals surface area contributed by atoms with Crippen LogP contribution in [0.4, 0.5) is 4.39 Å². The molecule has 118 valence electrons. The van der Waals surface area contributed by atoms with Crippen LogP contribution in [0.15, 0.2) is 58.3 Å². The van der Waals surface area contributed by atoms with Crippen molar-refractivity contribution in [2.45, 2.75) is 16.3 Å². The second-order valence-electron chi connectivity index (χ2n) is 4.43. The maximum atomic E-state index is 13.4. The van der Waals surface area contributed by atoms with Gasteiger partial charge < -0.3 is 0 Å². The Morgan fingerprint density at radius 3 is 2.00 bits per heavy atom. The molecule has 0 saturated carbocycles. The summed E-state index contributed by atoms with van der Waals surface area (Å²) in [5.41, 5.74) is 0.201. The Bertz CT molecular complexity index is 879. The van der Waals surface area contributed by atoms with Crippen LogP contribution >= 0.6 is 0 Å². The van der Waals surface area contributed by atoms with E-state index in [4.69, 9.17) is 5.14 Å². The van der Waals surface area contributed by atoms with E-state index in [1.165, 1.54) is 18.2 Å². The fourth-order valence-corrected chi connectivity index (χ4v) is 3.23. The van der Waals surface area contributed by atoms with Gasteiger partial charge in [0.2, 0.25) is 20.0 Å². The quantitative estimate of drug-likeness (QED) is 0.842. The highest BCUT2D eigenvalue weighted by Gasteiger charge is 2.16. The minimum Gasteiger partial charge on any atom is -0.225 e. The number of sulfonamides is 2. The molecule has 0 saturated heterocycles. The summed E-state index contributed by atoms with van der Waals surface area (Å²) < 4.78 is 62.0. The van der Waals surface area contributed by atoms with E-state index in [0.717, 1.165) is 24.3 Å². The standard InChI is InChI=1S/C13H13FN2O4S2/c14-13-4-2-1-3-10(13)9-16-22(19,20)12-7-5-11(6-8-12)21(15,17)18/h1-8,16H,9H2,(H2,15,17,18). The van der Waals surface area contributed by atoms with E-state index < -0.39 is 25.9 Å². The summed E-state index contributed by atoms with van der Waals surface area (Å²) in [4.78, 5) is -0.336. The second kappa shape index (κ2) is 6.13. The summed E-state index contributed by atoms with van der Waals surface area (Å²) in [6.45, 7) is -0.216. The summed E-state index contributed by atoms with van der Waals surface area (Å²) >= 11 is 0. The van der Waals surface area contributed by atoms with Gasteiger partial charge in [0.05, 0.1) is 9.79 Å². The average molecular weight is 344 g/mol. The SMILES string of the molecule is NS(=O)(=O)c1ccc(S(=O)(=O)NCc2ccccc2F)cc1. The molecular weight excluding hydrogens is 331 g/mol. The number of hydrogen-bond donors (Lipinski definition) is 2. The van der Waals surface area contributed by atoms with E-state index >= 15 is 0 Å². The van der Waals surface area contributed by atoms with Gasteiger partial charge in [0.25, 0.3) is 0 Å². The third kappa shape index (κ3) is 3.89. The second-order valence-corrected chi connectivity index (χ2v) is 7.76. The zero-order valence-corrected chi connectivity index (χ0v) is 12.9. The number of halogens is 1. The van der Waals surface area contributed by atoms with Crippen LogP contribution in [0.3, 0.4) is 0 Å². The molecule has 0 aliphatic carbocycles. The fourth-order valence-electron chi connectivity index (χ4n) is 1.71. The van der Waals surface area contributed by atoms with E-state index in [1.807, 2.05) is 0 Å². The average Bonchev–Trinajstić information content (AvgIpc) is 2.46. The monoisotopic (exact) mass is 344 g/mol. The molecule has 0 aliphatic heterocycles. The number of primary sulfonamides is 1. The molecule has 0 heterocycles. The van der Waals surface area contributed by atoms with Crippen molar-refractivity contribution in [3.63, 3.8) is 0 Å². The molecule has 0 radical (unpaired) electrons. The molecule has 0 bridgehead atoms. The summed E-state index contributed by atoms with van der Waals surface area (Å²) in [5.74, 6) is -0.519. The highest BCUT2D eigenvalue weighted by atomic mass is 32.2. The van der Waals surface area contributed by atoms with Gasteiger partial charge in [-0.1, -0.05) is 18.2 Å². The summed E-state index contributed by atoms with van der Waals surface area (Å²) in [7, 11) is -7.78. The predicted molar refractivity (Wildman–Crippen MR) is 78.2 cm³/mol. The van der Waals surface area contributed by atoms with Gasteiger partial charge in [0.1, 0.15) is 5.82 Å². The summed E-state index contributed by atoms with van der Waals surface area (Å²) in [6.07, 6.45) is 0. The lowest BCUT2D eigenvalue weighted by molar-refractivity contribution is 0.573. The highest BCUT2D eigenvalue weighted by Crippen LogP contribution is 2.14. The lowest BCUT2D eigenvalue weighted by atomic mass is 10.2. The van der Waals surface area contributed by atoms with Crippen LogP contribution < -0.4 is 9.86 Å². The van der Waals surface area contributed by atoms with Crippen molar-refractivity contribution in [1.82, 2.24) is 4.72 Å². The number of rotatable bonds is 5. The van der Waals surface area contributed by atoms with Gasteiger partial charge in [0, 0.05) is 12.1 Å². The molecule has 2 rings (SSSR count). The van der Waals surface area contributed by atoms with E-state index in [0.29, 0.717) is 0 Å². The van der Waals surface area contributed by atoms with E-state index in [9.17, 15) is 21.2 Å². The lowest BCUT2D eigenvalue weighted by Crippen LogP contribution is -2.24. The normalized spacial score (nSPS) is 12.3. The molecule has 0 unspecified atom stereocenters. The van der Waals surface area contributed by atoms with Crippen LogP contribution in [0.1, 0.15) is 5.56 Å². The molecule has 6 nitrogen and oxygen atoms in total. The third-order valence-corrected chi connectivity index (χ3v) is 5.22. The van der Waals surface area contributed by atoms with Gasteiger partial charge in [0.15, 0.2) is 0 Å². The van der Waals surface area contributed by atoms with E-state index in [-0.39, 0.29) is 21.9 Å². The first-order valence-corrected chi connectivity index (χ1v) is 9.09. The molecular formula is C13H13FN2O4S2. The summed E-state index contributed by atoms with van der Waals surface area (Å²) in [6, 6.07) is 10.2.